The van der Waals surface area contributed by atoms with Gasteiger partial charge in [-0.25, -0.2) is 0 Å². The Morgan fingerprint density at radius 1 is 1.38 bits per heavy atom. The van der Waals surface area contributed by atoms with E-state index < -0.39 is 0 Å². The van der Waals surface area contributed by atoms with Crippen molar-refractivity contribution >= 4 is 11.4 Å². The number of nitrogen functional groups attached to an aromatic ring is 1. The molecule has 0 heterocycles. The molecule has 1 rings (SSSR count). The van der Waals surface area contributed by atoms with E-state index in [9.17, 15) is 0 Å². The first-order valence-corrected chi connectivity index (χ1v) is 5.09. The van der Waals surface area contributed by atoms with Crippen molar-refractivity contribution in [2.75, 3.05) is 0 Å². The number of benzene rings is 1. The Morgan fingerprint density at radius 3 is 2.62 bits per heavy atom. The molecule has 1 aromatic carbocycles. The Bertz CT molecular complexity index is 454. The maximum absolute atomic E-state index is 7.39. The van der Waals surface area contributed by atoms with Gasteiger partial charge >= 0.3 is 0 Å². The summed E-state index contributed by atoms with van der Waals surface area (Å²) in [5.41, 5.74) is 8.21. The van der Waals surface area contributed by atoms with Gasteiger partial charge in [-0.2, -0.15) is 0 Å². The summed E-state index contributed by atoms with van der Waals surface area (Å²) in [7, 11) is 0. The van der Waals surface area contributed by atoms with Crippen LogP contribution in [0.5, 0.6) is 0 Å². The minimum absolute atomic E-state index is 0.0799. The van der Waals surface area contributed by atoms with E-state index >= 15 is 0 Å². The third-order valence-electron chi connectivity index (χ3n) is 2.20. The molecule has 16 heavy (non-hydrogen) atoms. The number of rotatable bonds is 4. The van der Waals surface area contributed by atoms with E-state index in [0.717, 1.165) is 16.7 Å². The highest BCUT2D eigenvalue weighted by Crippen LogP contribution is 2.17. The molecule has 0 radical (unpaired) electrons. The van der Waals surface area contributed by atoms with E-state index in [1.54, 1.807) is 6.08 Å². The SMILES string of the molecule is C=C/C(=C\C=C/C)c1cccc(C(=N)N)c1. The Labute approximate surface area is 96.3 Å². The van der Waals surface area contributed by atoms with Gasteiger partial charge < -0.3 is 5.73 Å². The van der Waals surface area contributed by atoms with Crippen LogP contribution in [-0.2, 0) is 0 Å². The second kappa shape index (κ2) is 5.71. The van der Waals surface area contributed by atoms with Gasteiger partial charge in [0.05, 0.1) is 0 Å². The second-order valence-corrected chi connectivity index (χ2v) is 3.35. The quantitative estimate of drug-likeness (QED) is 0.449. The lowest BCUT2D eigenvalue weighted by atomic mass is 10.0. The molecule has 0 amide bonds. The summed E-state index contributed by atoms with van der Waals surface area (Å²) in [5, 5.41) is 7.39. The fraction of sp³-hybridized carbons (Fsp3) is 0.0714. The summed E-state index contributed by atoms with van der Waals surface area (Å²) < 4.78 is 0. The molecule has 0 atom stereocenters. The molecule has 0 bridgehead atoms. The number of allylic oxidation sites excluding steroid dienone is 5. The zero-order valence-electron chi connectivity index (χ0n) is 9.40. The van der Waals surface area contributed by atoms with Crippen LogP contribution in [0.15, 0.2) is 55.1 Å². The van der Waals surface area contributed by atoms with Crippen LogP contribution in [0, 0.1) is 5.41 Å². The van der Waals surface area contributed by atoms with Gasteiger partial charge in [-0.05, 0) is 24.1 Å². The maximum Gasteiger partial charge on any atom is 0.122 e. The molecule has 0 saturated heterocycles. The zero-order chi connectivity index (χ0) is 12.0. The average Bonchev–Trinajstić information content (AvgIpc) is 2.30. The fourth-order valence-corrected chi connectivity index (χ4v) is 1.35. The summed E-state index contributed by atoms with van der Waals surface area (Å²) in [5.74, 6) is 0.0799. The van der Waals surface area contributed by atoms with Gasteiger partial charge in [0.1, 0.15) is 5.84 Å². The van der Waals surface area contributed by atoms with Crippen molar-refractivity contribution in [2.45, 2.75) is 6.92 Å². The van der Waals surface area contributed by atoms with Gasteiger partial charge in [0.2, 0.25) is 0 Å². The van der Waals surface area contributed by atoms with Gasteiger partial charge in [0.15, 0.2) is 0 Å². The van der Waals surface area contributed by atoms with E-state index in [4.69, 9.17) is 11.1 Å². The largest absolute Gasteiger partial charge is 0.384 e. The molecule has 2 heteroatoms. The molecular formula is C14H16N2. The first-order chi connectivity index (χ1) is 7.69. The van der Waals surface area contributed by atoms with E-state index in [1.807, 2.05) is 49.4 Å². The number of nitrogens with two attached hydrogens (primary N) is 1. The molecule has 0 fully saturated rings. The minimum atomic E-state index is 0.0799. The Morgan fingerprint density at radius 2 is 2.06 bits per heavy atom. The third-order valence-corrected chi connectivity index (χ3v) is 2.20. The fourth-order valence-electron chi connectivity index (χ4n) is 1.35. The Hall–Kier alpha value is -2.09. The van der Waals surface area contributed by atoms with E-state index in [1.165, 1.54) is 0 Å². The van der Waals surface area contributed by atoms with Crippen molar-refractivity contribution in [1.29, 1.82) is 5.41 Å². The molecule has 0 unspecified atom stereocenters. The molecule has 0 spiro atoms. The van der Waals surface area contributed by atoms with Crippen LogP contribution in [0.4, 0.5) is 0 Å². The number of amidine groups is 1. The lowest BCUT2D eigenvalue weighted by Crippen LogP contribution is -2.10. The lowest BCUT2D eigenvalue weighted by Gasteiger charge is -2.04. The molecule has 82 valence electrons. The van der Waals surface area contributed by atoms with Crippen LogP contribution < -0.4 is 5.73 Å². The molecule has 1 aromatic rings. The van der Waals surface area contributed by atoms with Crippen LogP contribution >= 0.6 is 0 Å². The van der Waals surface area contributed by atoms with Crippen molar-refractivity contribution in [3.05, 3.63) is 66.3 Å². The molecule has 2 nitrogen and oxygen atoms in total. The van der Waals surface area contributed by atoms with Crippen LogP contribution in [-0.4, -0.2) is 5.84 Å². The highest BCUT2D eigenvalue weighted by Gasteiger charge is 2.00. The van der Waals surface area contributed by atoms with Crippen LogP contribution in [0.2, 0.25) is 0 Å². The van der Waals surface area contributed by atoms with Crippen molar-refractivity contribution in [3.8, 4) is 0 Å². The monoisotopic (exact) mass is 212 g/mol. The minimum Gasteiger partial charge on any atom is -0.384 e. The van der Waals surface area contributed by atoms with E-state index in [-0.39, 0.29) is 5.84 Å². The molecule has 0 aliphatic carbocycles. The van der Waals surface area contributed by atoms with Crippen LogP contribution in [0.25, 0.3) is 5.57 Å². The van der Waals surface area contributed by atoms with Gasteiger partial charge in [0, 0.05) is 5.56 Å². The molecule has 0 aliphatic rings. The molecule has 0 aliphatic heterocycles. The first kappa shape index (κ1) is 12.0. The van der Waals surface area contributed by atoms with Gasteiger partial charge in [-0.15, -0.1) is 0 Å². The van der Waals surface area contributed by atoms with Crippen LogP contribution in [0.3, 0.4) is 0 Å². The van der Waals surface area contributed by atoms with Crippen molar-refractivity contribution in [3.63, 3.8) is 0 Å². The van der Waals surface area contributed by atoms with Gasteiger partial charge in [0.25, 0.3) is 0 Å². The summed E-state index contributed by atoms with van der Waals surface area (Å²) >= 11 is 0. The predicted molar refractivity (Wildman–Crippen MR) is 70.4 cm³/mol. The Balaban J connectivity index is 3.16. The highest BCUT2D eigenvalue weighted by atomic mass is 14.7. The van der Waals surface area contributed by atoms with Crippen molar-refractivity contribution < 1.29 is 0 Å². The lowest BCUT2D eigenvalue weighted by molar-refractivity contribution is 1.42. The molecule has 0 aromatic heterocycles. The first-order valence-electron chi connectivity index (χ1n) is 5.09. The summed E-state index contributed by atoms with van der Waals surface area (Å²) in [6.07, 6.45) is 7.68. The zero-order valence-corrected chi connectivity index (χ0v) is 9.40. The number of hydrogen-bond acceptors (Lipinski definition) is 1. The topological polar surface area (TPSA) is 49.9 Å². The van der Waals surface area contributed by atoms with E-state index in [2.05, 4.69) is 6.58 Å². The predicted octanol–water partition coefficient (Wildman–Crippen LogP) is 3.12. The van der Waals surface area contributed by atoms with Crippen molar-refractivity contribution in [1.82, 2.24) is 0 Å². The number of hydrogen-bond donors (Lipinski definition) is 2. The average molecular weight is 212 g/mol. The summed E-state index contributed by atoms with van der Waals surface area (Å²) in [6.45, 7) is 5.74. The smallest absolute Gasteiger partial charge is 0.122 e. The standard InChI is InChI=1S/C14H16N2/c1-3-5-7-11(4-2)12-8-6-9-13(10-12)14(15)16/h3-10H,2H2,1H3,(H3,15,16)/b5-3-,11-7+. The van der Waals surface area contributed by atoms with E-state index in [0.29, 0.717) is 0 Å². The third kappa shape index (κ3) is 2.95. The second-order valence-electron chi connectivity index (χ2n) is 3.35. The normalized spacial score (nSPS) is 11.7. The van der Waals surface area contributed by atoms with Crippen molar-refractivity contribution in [2.24, 2.45) is 5.73 Å². The number of nitrogens with one attached hydrogen (secondary N) is 1. The molecule has 3 N–H and O–H groups in total. The van der Waals surface area contributed by atoms with Gasteiger partial charge in [-0.1, -0.05) is 49.1 Å². The molecule has 0 saturated carbocycles. The van der Waals surface area contributed by atoms with Gasteiger partial charge in [-0.3, -0.25) is 5.41 Å². The van der Waals surface area contributed by atoms with Crippen LogP contribution in [0.1, 0.15) is 18.1 Å². The summed E-state index contributed by atoms with van der Waals surface area (Å²) in [4.78, 5) is 0. The maximum atomic E-state index is 7.39. The summed E-state index contributed by atoms with van der Waals surface area (Å²) in [6, 6.07) is 7.57. The molecular weight excluding hydrogens is 196 g/mol. The highest BCUT2D eigenvalue weighted by molar-refractivity contribution is 5.96. The Kier molecular flexibility index (Phi) is 4.28.